The van der Waals surface area contributed by atoms with Crippen LogP contribution in [0.1, 0.15) is 49.9 Å². The highest BCUT2D eigenvalue weighted by atomic mass is 32.2. The fourth-order valence-electron chi connectivity index (χ4n) is 4.15. The lowest BCUT2D eigenvalue weighted by molar-refractivity contribution is 0.305. The van der Waals surface area contributed by atoms with E-state index < -0.39 is 10.0 Å². The van der Waals surface area contributed by atoms with Crippen molar-refractivity contribution in [2.24, 2.45) is 0 Å². The van der Waals surface area contributed by atoms with E-state index in [4.69, 9.17) is 5.26 Å². The lowest BCUT2D eigenvalue weighted by atomic mass is 9.91. The number of nitriles is 1. The number of sulfonamides is 1. The van der Waals surface area contributed by atoms with Crippen molar-refractivity contribution in [2.45, 2.75) is 56.0 Å². The van der Waals surface area contributed by atoms with Crippen molar-refractivity contribution in [2.75, 3.05) is 0 Å². The number of pyridine rings is 1. The third-order valence-electron chi connectivity index (χ3n) is 5.77. The van der Waals surface area contributed by atoms with Gasteiger partial charge in [-0.25, -0.2) is 18.1 Å². The zero-order chi connectivity index (χ0) is 21.8. The van der Waals surface area contributed by atoms with Gasteiger partial charge in [-0.3, -0.25) is 0 Å². The van der Waals surface area contributed by atoms with E-state index in [0.29, 0.717) is 23.4 Å². The SMILES string of the molecule is CCc1cc(-c2ccc(C#N)nc2)ccc1S(=O)(=O)NC1CCCC(n2cnnc2)C1. The third kappa shape index (κ3) is 4.65. The molecular formula is C22H24N6O2S. The van der Waals surface area contributed by atoms with Crippen molar-refractivity contribution in [3.8, 4) is 17.2 Å². The molecule has 2 heterocycles. The average molecular weight is 437 g/mol. The molecule has 2 atom stereocenters. The molecule has 1 N–H and O–H groups in total. The quantitative estimate of drug-likeness (QED) is 0.635. The molecular weight excluding hydrogens is 412 g/mol. The van der Waals surface area contributed by atoms with E-state index in [-0.39, 0.29) is 12.1 Å². The molecule has 160 valence electrons. The molecule has 1 aromatic carbocycles. The molecule has 3 aromatic rings. The first-order chi connectivity index (χ1) is 15.0. The van der Waals surface area contributed by atoms with E-state index >= 15 is 0 Å². The number of hydrogen-bond donors (Lipinski definition) is 1. The molecule has 0 radical (unpaired) electrons. The van der Waals surface area contributed by atoms with Crippen LogP contribution in [0.2, 0.25) is 0 Å². The number of hydrogen-bond acceptors (Lipinski definition) is 6. The largest absolute Gasteiger partial charge is 0.317 e. The van der Waals surface area contributed by atoms with E-state index in [9.17, 15) is 8.42 Å². The Kier molecular flexibility index (Phi) is 6.11. The average Bonchev–Trinajstić information content (AvgIpc) is 3.34. The number of nitrogens with zero attached hydrogens (tertiary/aromatic N) is 5. The second-order valence-electron chi connectivity index (χ2n) is 7.77. The summed E-state index contributed by atoms with van der Waals surface area (Å²) >= 11 is 0. The molecule has 1 aliphatic rings. The van der Waals surface area contributed by atoms with Gasteiger partial charge in [0.2, 0.25) is 10.0 Å². The first kappa shape index (κ1) is 21.2. The highest BCUT2D eigenvalue weighted by molar-refractivity contribution is 7.89. The first-order valence-corrected chi connectivity index (χ1v) is 11.8. The van der Waals surface area contributed by atoms with Crippen LogP contribution in [-0.4, -0.2) is 34.2 Å². The summed E-state index contributed by atoms with van der Waals surface area (Å²) in [5, 5.41) is 16.6. The Balaban J connectivity index is 1.55. The highest BCUT2D eigenvalue weighted by Crippen LogP contribution is 2.30. The molecule has 0 saturated heterocycles. The van der Waals surface area contributed by atoms with Gasteiger partial charge in [-0.1, -0.05) is 13.0 Å². The molecule has 8 nitrogen and oxygen atoms in total. The number of benzene rings is 1. The molecule has 0 aliphatic heterocycles. The maximum Gasteiger partial charge on any atom is 0.241 e. The van der Waals surface area contributed by atoms with E-state index in [1.807, 2.05) is 29.7 Å². The van der Waals surface area contributed by atoms with Gasteiger partial charge in [0.15, 0.2) is 0 Å². The smallest absolute Gasteiger partial charge is 0.241 e. The van der Waals surface area contributed by atoms with Crippen molar-refractivity contribution in [3.63, 3.8) is 0 Å². The van der Waals surface area contributed by atoms with Gasteiger partial charge < -0.3 is 4.57 Å². The maximum absolute atomic E-state index is 13.2. The van der Waals surface area contributed by atoms with Crippen LogP contribution in [-0.2, 0) is 16.4 Å². The van der Waals surface area contributed by atoms with Crippen LogP contribution in [0.4, 0.5) is 0 Å². The summed E-state index contributed by atoms with van der Waals surface area (Å²) in [6.45, 7) is 1.94. The second-order valence-corrected chi connectivity index (χ2v) is 9.45. The molecule has 4 rings (SSSR count). The van der Waals surface area contributed by atoms with Crippen molar-refractivity contribution < 1.29 is 8.42 Å². The fourth-order valence-corrected chi connectivity index (χ4v) is 5.73. The minimum absolute atomic E-state index is 0.127. The predicted octanol–water partition coefficient (Wildman–Crippen LogP) is 3.24. The van der Waals surface area contributed by atoms with E-state index in [1.54, 1.807) is 37.1 Å². The van der Waals surface area contributed by atoms with Crippen molar-refractivity contribution in [1.29, 1.82) is 5.26 Å². The maximum atomic E-state index is 13.2. The summed E-state index contributed by atoms with van der Waals surface area (Å²) in [5.74, 6) is 0. The van der Waals surface area contributed by atoms with E-state index in [0.717, 1.165) is 36.0 Å². The Morgan fingerprint density at radius 2 is 1.94 bits per heavy atom. The van der Waals surface area contributed by atoms with Gasteiger partial charge in [0, 0.05) is 23.8 Å². The minimum Gasteiger partial charge on any atom is -0.317 e. The molecule has 9 heteroatoms. The molecule has 0 spiro atoms. The topological polar surface area (TPSA) is 114 Å². The van der Waals surface area contributed by atoms with Crippen LogP contribution >= 0.6 is 0 Å². The Hall–Kier alpha value is -3.09. The molecule has 1 fully saturated rings. The highest BCUT2D eigenvalue weighted by Gasteiger charge is 2.28. The van der Waals surface area contributed by atoms with Crippen LogP contribution < -0.4 is 4.72 Å². The van der Waals surface area contributed by atoms with Gasteiger partial charge in [-0.05, 0) is 67.5 Å². The summed E-state index contributed by atoms with van der Waals surface area (Å²) < 4.78 is 31.3. The Bertz CT molecular complexity index is 1180. The number of aromatic nitrogens is 4. The van der Waals surface area contributed by atoms with Gasteiger partial charge in [0.05, 0.1) is 4.90 Å². The first-order valence-electron chi connectivity index (χ1n) is 10.4. The van der Waals surface area contributed by atoms with Crippen LogP contribution in [0.5, 0.6) is 0 Å². The van der Waals surface area contributed by atoms with E-state index in [2.05, 4.69) is 19.9 Å². The number of rotatable bonds is 6. The van der Waals surface area contributed by atoms with Gasteiger partial charge in [-0.2, -0.15) is 5.26 Å². The normalized spacial score (nSPS) is 19.1. The van der Waals surface area contributed by atoms with Crippen LogP contribution in [0.3, 0.4) is 0 Å². The lowest BCUT2D eigenvalue weighted by Crippen LogP contribution is -2.39. The summed E-state index contributed by atoms with van der Waals surface area (Å²) in [6.07, 6.45) is 9.06. The Morgan fingerprint density at radius 3 is 2.61 bits per heavy atom. The van der Waals surface area contributed by atoms with Crippen LogP contribution in [0, 0.1) is 11.3 Å². The molecule has 31 heavy (non-hydrogen) atoms. The summed E-state index contributed by atoms with van der Waals surface area (Å²) in [5.41, 5.74) is 2.81. The monoisotopic (exact) mass is 436 g/mol. The van der Waals surface area contributed by atoms with Crippen LogP contribution in [0.15, 0.2) is 54.1 Å². The Morgan fingerprint density at radius 1 is 1.16 bits per heavy atom. The molecule has 2 aromatic heterocycles. The fraction of sp³-hybridized carbons (Fsp3) is 0.364. The van der Waals surface area contributed by atoms with Gasteiger partial charge >= 0.3 is 0 Å². The zero-order valence-corrected chi connectivity index (χ0v) is 18.1. The van der Waals surface area contributed by atoms with Gasteiger partial charge in [0.1, 0.15) is 24.4 Å². The van der Waals surface area contributed by atoms with Crippen molar-refractivity contribution in [3.05, 3.63) is 60.4 Å². The lowest BCUT2D eigenvalue weighted by Gasteiger charge is -2.30. The molecule has 1 saturated carbocycles. The standard InChI is InChI=1S/C22H24N6O2S/c1-2-16-10-17(18-6-8-20(12-23)24-13-18)7-9-22(16)31(29,30)27-19-4-3-5-21(11-19)28-14-25-26-15-28/h6-10,13-15,19,21,27H,2-5,11H2,1H3. The van der Waals surface area contributed by atoms with Crippen LogP contribution in [0.25, 0.3) is 11.1 Å². The number of nitrogens with one attached hydrogen (secondary N) is 1. The molecule has 0 bridgehead atoms. The van der Waals surface area contributed by atoms with Gasteiger partial charge in [0.25, 0.3) is 0 Å². The van der Waals surface area contributed by atoms with Crippen molar-refractivity contribution in [1.82, 2.24) is 24.5 Å². The molecule has 2 unspecified atom stereocenters. The van der Waals surface area contributed by atoms with Gasteiger partial charge in [-0.15, -0.1) is 10.2 Å². The predicted molar refractivity (Wildman–Crippen MR) is 115 cm³/mol. The summed E-state index contributed by atoms with van der Waals surface area (Å²) in [6, 6.07) is 10.9. The third-order valence-corrected chi connectivity index (χ3v) is 7.39. The van der Waals surface area contributed by atoms with E-state index in [1.165, 1.54) is 0 Å². The number of aryl methyl sites for hydroxylation is 1. The summed E-state index contributed by atoms with van der Waals surface area (Å²) in [7, 11) is -3.65. The minimum atomic E-state index is -3.65. The molecule has 0 amide bonds. The summed E-state index contributed by atoms with van der Waals surface area (Å²) in [4.78, 5) is 4.41. The Labute approximate surface area is 182 Å². The zero-order valence-electron chi connectivity index (χ0n) is 17.3. The second kappa shape index (κ2) is 8.96. The van der Waals surface area contributed by atoms with Crippen molar-refractivity contribution >= 4 is 10.0 Å². The molecule has 1 aliphatic carbocycles.